The highest BCUT2D eigenvalue weighted by Crippen LogP contribution is 2.21. The first-order chi connectivity index (χ1) is 13.0. The summed E-state index contributed by atoms with van der Waals surface area (Å²) in [7, 11) is -2.18. The van der Waals surface area contributed by atoms with Crippen LogP contribution in [0, 0.1) is 0 Å². The molecule has 0 bridgehead atoms. The maximum absolute atomic E-state index is 12.7. The van der Waals surface area contributed by atoms with Crippen LogP contribution in [-0.4, -0.2) is 21.4 Å². The monoisotopic (exact) mass is 380 g/mol. The van der Waals surface area contributed by atoms with Gasteiger partial charge < -0.3 is 5.32 Å². The normalized spacial score (nSPS) is 11.0. The Bertz CT molecular complexity index is 1000. The van der Waals surface area contributed by atoms with E-state index in [-0.39, 0.29) is 10.8 Å². The summed E-state index contributed by atoms with van der Waals surface area (Å²) in [6.45, 7) is 0.413. The maximum Gasteiger partial charge on any atom is 0.264 e. The molecule has 0 saturated carbocycles. The third-order valence-electron chi connectivity index (χ3n) is 4.19. The summed E-state index contributed by atoms with van der Waals surface area (Å²) in [5.41, 5.74) is 1.98. The Labute approximate surface area is 159 Å². The van der Waals surface area contributed by atoms with Crippen LogP contribution in [0.15, 0.2) is 89.8 Å². The fourth-order valence-corrected chi connectivity index (χ4v) is 3.79. The van der Waals surface area contributed by atoms with Gasteiger partial charge in [-0.25, -0.2) is 8.42 Å². The Morgan fingerprint density at radius 3 is 2.00 bits per heavy atom. The van der Waals surface area contributed by atoms with Gasteiger partial charge in [0.05, 0.1) is 10.6 Å². The molecule has 0 radical (unpaired) electrons. The van der Waals surface area contributed by atoms with Gasteiger partial charge in [-0.15, -0.1) is 0 Å². The third kappa shape index (κ3) is 4.35. The lowest BCUT2D eigenvalue weighted by atomic mass is 10.2. The minimum Gasteiger partial charge on any atom is -0.348 e. The van der Waals surface area contributed by atoms with Crippen molar-refractivity contribution < 1.29 is 13.2 Å². The standard InChI is InChI=1S/C21H20N2O3S/c1-23(19-10-6-3-7-11-19)27(25,26)20-14-12-18(13-15-20)21(24)22-16-17-8-4-2-5-9-17/h2-15H,16H2,1H3,(H,22,24). The van der Waals surface area contributed by atoms with Gasteiger partial charge in [0.25, 0.3) is 15.9 Å². The summed E-state index contributed by atoms with van der Waals surface area (Å²) in [5, 5.41) is 2.82. The summed E-state index contributed by atoms with van der Waals surface area (Å²) in [6.07, 6.45) is 0. The highest BCUT2D eigenvalue weighted by molar-refractivity contribution is 7.92. The zero-order valence-corrected chi connectivity index (χ0v) is 15.7. The number of nitrogens with one attached hydrogen (secondary N) is 1. The van der Waals surface area contributed by atoms with Gasteiger partial charge >= 0.3 is 0 Å². The van der Waals surface area contributed by atoms with Gasteiger partial charge in [0.1, 0.15) is 0 Å². The van der Waals surface area contributed by atoms with Crippen molar-refractivity contribution in [1.29, 1.82) is 0 Å². The van der Waals surface area contributed by atoms with Gasteiger partial charge in [0.15, 0.2) is 0 Å². The Hall–Kier alpha value is -3.12. The molecule has 1 N–H and O–H groups in total. The van der Waals surface area contributed by atoms with Crippen LogP contribution < -0.4 is 9.62 Å². The van der Waals surface area contributed by atoms with Crippen molar-refractivity contribution in [2.75, 3.05) is 11.4 Å². The molecule has 138 valence electrons. The topological polar surface area (TPSA) is 66.5 Å². The molecule has 0 aromatic heterocycles. The lowest BCUT2D eigenvalue weighted by Crippen LogP contribution is -2.27. The summed E-state index contributed by atoms with van der Waals surface area (Å²) >= 11 is 0. The zero-order chi connectivity index (χ0) is 19.3. The van der Waals surface area contributed by atoms with E-state index < -0.39 is 10.0 Å². The predicted molar refractivity (Wildman–Crippen MR) is 106 cm³/mol. The quantitative estimate of drug-likeness (QED) is 0.712. The molecule has 0 atom stereocenters. The van der Waals surface area contributed by atoms with Crippen LogP contribution in [-0.2, 0) is 16.6 Å². The number of sulfonamides is 1. The lowest BCUT2D eigenvalue weighted by Gasteiger charge is -2.19. The molecule has 1 amide bonds. The zero-order valence-electron chi connectivity index (χ0n) is 14.9. The van der Waals surface area contributed by atoms with Crippen LogP contribution in [0.25, 0.3) is 0 Å². The van der Waals surface area contributed by atoms with E-state index in [2.05, 4.69) is 5.32 Å². The van der Waals surface area contributed by atoms with Crippen LogP contribution >= 0.6 is 0 Å². The minimum atomic E-state index is -3.69. The molecule has 3 rings (SSSR count). The molecule has 0 spiro atoms. The number of rotatable bonds is 6. The number of anilines is 1. The smallest absolute Gasteiger partial charge is 0.264 e. The van der Waals surface area contributed by atoms with E-state index in [0.717, 1.165) is 5.56 Å². The molecule has 6 heteroatoms. The van der Waals surface area contributed by atoms with Crippen LogP contribution in [0.5, 0.6) is 0 Å². The third-order valence-corrected chi connectivity index (χ3v) is 5.99. The van der Waals surface area contributed by atoms with Gasteiger partial charge in [-0.2, -0.15) is 0 Å². The number of para-hydroxylation sites is 1. The van der Waals surface area contributed by atoms with E-state index in [0.29, 0.717) is 17.8 Å². The van der Waals surface area contributed by atoms with Crippen LogP contribution in [0.2, 0.25) is 0 Å². The SMILES string of the molecule is CN(c1ccccc1)S(=O)(=O)c1ccc(C(=O)NCc2ccccc2)cc1. The summed E-state index contributed by atoms with van der Waals surface area (Å²) in [6, 6.07) is 24.4. The fourth-order valence-electron chi connectivity index (χ4n) is 2.59. The summed E-state index contributed by atoms with van der Waals surface area (Å²) in [4.78, 5) is 12.4. The second-order valence-electron chi connectivity index (χ2n) is 6.00. The predicted octanol–water partition coefficient (Wildman–Crippen LogP) is 3.44. The Balaban J connectivity index is 1.71. The molecule has 3 aromatic carbocycles. The van der Waals surface area contributed by atoms with Gasteiger partial charge in [0, 0.05) is 19.2 Å². The number of carbonyl (C=O) groups excluding carboxylic acids is 1. The highest BCUT2D eigenvalue weighted by atomic mass is 32.2. The Kier molecular flexibility index (Phi) is 5.57. The molecular formula is C21H20N2O3S. The molecule has 0 fully saturated rings. The summed E-state index contributed by atoms with van der Waals surface area (Å²) in [5.74, 6) is -0.251. The lowest BCUT2D eigenvalue weighted by molar-refractivity contribution is 0.0951. The largest absolute Gasteiger partial charge is 0.348 e. The molecule has 3 aromatic rings. The molecule has 5 nitrogen and oxygen atoms in total. The van der Waals surface area contributed by atoms with Gasteiger partial charge in [-0.1, -0.05) is 48.5 Å². The number of hydrogen-bond acceptors (Lipinski definition) is 3. The summed E-state index contributed by atoms with van der Waals surface area (Å²) < 4.78 is 26.7. The first-order valence-electron chi connectivity index (χ1n) is 8.44. The van der Waals surface area contributed by atoms with E-state index in [1.54, 1.807) is 24.3 Å². The van der Waals surface area contributed by atoms with E-state index in [4.69, 9.17) is 0 Å². The molecule has 27 heavy (non-hydrogen) atoms. The first kappa shape index (κ1) is 18.7. The molecule has 0 unspecified atom stereocenters. The van der Waals surface area contributed by atoms with Gasteiger partial charge in [0.2, 0.25) is 0 Å². The highest BCUT2D eigenvalue weighted by Gasteiger charge is 2.21. The van der Waals surface area contributed by atoms with Crippen LogP contribution in [0.3, 0.4) is 0 Å². The maximum atomic E-state index is 12.7. The number of nitrogens with zero attached hydrogens (tertiary/aromatic N) is 1. The molecule has 0 heterocycles. The molecule has 0 aliphatic rings. The van der Waals surface area contributed by atoms with Crippen molar-refractivity contribution in [3.05, 3.63) is 96.1 Å². The second kappa shape index (κ2) is 8.05. The van der Waals surface area contributed by atoms with Crippen molar-refractivity contribution in [3.8, 4) is 0 Å². The number of hydrogen-bond donors (Lipinski definition) is 1. The van der Waals surface area contributed by atoms with Gasteiger partial charge in [-0.05, 0) is 42.0 Å². The van der Waals surface area contributed by atoms with Gasteiger partial charge in [-0.3, -0.25) is 9.10 Å². The van der Waals surface area contributed by atoms with Crippen molar-refractivity contribution in [2.24, 2.45) is 0 Å². The molecule has 0 aliphatic heterocycles. The molecular weight excluding hydrogens is 360 g/mol. The van der Waals surface area contributed by atoms with E-state index in [1.165, 1.54) is 35.6 Å². The van der Waals surface area contributed by atoms with E-state index in [1.807, 2.05) is 36.4 Å². The van der Waals surface area contributed by atoms with E-state index >= 15 is 0 Å². The Morgan fingerprint density at radius 1 is 0.852 bits per heavy atom. The second-order valence-corrected chi connectivity index (χ2v) is 7.97. The van der Waals surface area contributed by atoms with E-state index in [9.17, 15) is 13.2 Å². The molecule has 0 saturated heterocycles. The average Bonchev–Trinajstić information content (AvgIpc) is 2.73. The van der Waals surface area contributed by atoms with Crippen molar-refractivity contribution >= 4 is 21.6 Å². The minimum absolute atomic E-state index is 0.133. The van der Waals surface area contributed by atoms with Crippen LogP contribution in [0.1, 0.15) is 15.9 Å². The fraction of sp³-hybridized carbons (Fsp3) is 0.0952. The first-order valence-corrected chi connectivity index (χ1v) is 9.88. The number of carbonyl (C=O) groups is 1. The van der Waals surface area contributed by atoms with Crippen molar-refractivity contribution in [3.63, 3.8) is 0 Å². The Morgan fingerprint density at radius 2 is 1.41 bits per heavy atom. The number of benzene rings is 3. The van der Waals surface area contributed by atoms with Crippen molar-refractivity contribution in [2.45, 2.75) is 11.4 Å². The average molecular weight is 380 g/mol. The molecule has 0 aliphatic carbocycles. The number of amides is 1. The van der Waals surface area contributed by atoms with Crippen molar-refractivity contribution in [1.82, 2.24) is 5.32 Å². The van der Waals surface area contributed by atoms with Crippen LogP contribution in [0.4, 0.5) is 5.69 Å².